The molecule has 1 aliphatic carbocycles. The first-order valence-electron chi connectivity index (χ1n) is 13.9. The minimum absolute atomic E-state index is 0.0376. The zero-order chi connectivity index (χ0) is 29.6. The van der Waals surface area contributed by atoms with Crippen molar-refractivity contribution in [1.29, 1.82) is 0 Å². The molecule has 42 heavy (non-hydrogen) atoms. The van der Waals surface area contributed by atoms with Gasteiger partial charge in [0.1, 0.15) is 33.6 Å². The van der Waals surface area contributed by atoms with Crippen molar-refractivity contribution in [3.05, 3.63) is 77.1 Å². The number of halogens is 2. The Kier molecular flexibility index (Phi) is 7.69. The highest BCUT2D eigenvalue weighted by molar-refractivity contribution is 7.92. The molecule has 12 heteroatoms. The van der Waals surface area contributed by atoms with Gasteiger partial charge in [-0.05, 0) is 49.1 Å². The highest BCUT2D eigenvalue weighted by Crippen LogP contribution is 2.37. The molecule has 220 valence electrons. The fourth-order valence-electron chi connectivity index (χ4n) is 5.47. The van der Waals surface area contributed by atoms with E-state index < -0.39 is 15.8 Å². The summed E-state index contributed by atoms with van der Waals surface area (Å²) in [6.07, 6.45) is 6.78. The van der Waals surface area contributed by atoms with E-state index in [1.807, 2.05) is 18.2 Å². The van der Waals surface area contributed by atoms with Crippen LogP contribution in [0.5, 0.6) is 0 Å². The molecule has 6 rings (SSSR count). The number of benzene rings is 2. The molecule has 4 aromatic rings. The molecular weight excluding hydrogens is 579 g/mol. The number of anilines is 2. The van der Waals surface area contributed by atoms with E-state index in [9.17, 15) is 8.42 Å². The fraction of sp³-hybridized carbons (Fsp3) is 0.333. The molecule has 2 aromatic heterocycles. The number of hydrogen-bond acceptors (Lipinski definition) is 7. The monoisotopic (exact) mass is 610 g/mol. The molecule has 3 heterocycles. The lowest BCUT2D eigenvalue weighted by molar-refractivity contribution is -0.0103. The third-order valence-corrected chi connectivity index (χ3v) is 9.56. The van der Waals surface area contributed by atoms with E-state index in [2.05, 4.69) is 21.1 Å². The molecular formula is C30H32ClFN6O3S. The maximum Gasteiger partial charge on any atom is 0.263 e. The van der Waals surface area contributed by atoms with Crippen LogP contribution in [0.15, 0.2) is 59.6 Å². The third-order valence-electron chi connectivity index (χ3n) is 7.69. The molecule has 0 radical (unpaired) electrons. The standard InChI is InChI=1S/C30H32ClFN6O3S/c1-17(2)30-36-27(19-9-12-24(23(32)13-19)37-42(39,40)26-6-4-3-5-22(26)31)28-29(33)34-14-25(38(28)30)18-7-10-20(11-8-18)35-21-15-41-16-21/h3-7,9,12-14,17,20-21,35,37H,8,10-11,15-16H2,1-2H3,(H2,33,34). The second-order valence-corrected chi connectivity index (χ2v) is 13.1. The Morgan fingerprint density at radius 3 is 2.60 bits per heavy atom. The van der Waals surface area contributed by atoms with Crippen molar-refractivity contribution in [2.45, 2.75) is 56.0 Å². The van der Waals surface area contributed by atoms with Gasteiger partial charge in [-0.1, -0.05) is 49.7 Å². The number of hydrogen-bond donors (Lipinski definition) is 3. The van der Waals surface area contributed by atoms with E-state index in [4.69, 9.17) is 27.1 Å². The van der Waals surface area contributed by atoms with Crippen molar-refractivity contribution in [2.75, 3.05) is 23.7 Å². The van der Waals surface area contributed by atoms with Crippen molar-refractivity contribution in [3.63, 3.8) is 0 Å². The summed E-state index contributed by atoms with van der Waals surface area (Å²) < 4.78 is 50.8. The summed E-state index contributed by atoms with van der Waals surface area (Å²) in [5, 5.41) is 3.70. The van der Waals surface area contributed by atoms with Crippen LogP contribution in [0.25, 0.3) is 22.3 Å². The quantitative estimate of drug-likeness (QED) is 0.237. The van der Waals surface area contributed by atoms with Gasteiger partial charge >= 0.3 is 0 Å². The minimum atomic E-state index is -4.11. The van der Waals surface area contributed by atoms with E-state index >= 15 is 4.39 Å². The Bertz CT molecular complexity index is 1800. The molecule has 2 aliphatic rings. The van der Waals surface area contributed by atoms with Gasteiger partial charge in [-0.2, -0.15) is 0 Å². The summed E-state index contributed by atoms with van der Waals surface area (Å²) in [6, 6.07) is 11.1. The van der Waals surface area contributed by atoms with Crippen molar-refractivity contribution < 1.29 is 17.5 Å². The first kappa shape index (κ1) is 28.6. The van der Waals surface area contributed by atoms with Crippen LogP contribution in [-0.2, 0) is 14.8 Å². The first-order valence-corrected chi connectivity index (χ1v) is 15.8. The lowest BCUT2D eigenvalue weighted by atomic mass is 9.92. The molecule has 1 saturated heterocycles. The Labute approximate surface area is 249 Å². The molecule has 1 atom stereocenters. The largest absolute Gasteiger partial charge is 0.382 e. The van der Waals surface area contributed by atoms with Crippen molar-refractivity contribution in [1.82, 2.24) is 19.7 Å². The van der Waals surface area contributed by atoms with Gasteiger partial charge in [0.15, 0.2) is 0 Å². The van der Waals surface area contributed by atoms with Gasteiger partial charge in [0, 0.05) is 17.5 Å². The first-order chi connectivity index (χ1) is 20.1. The average molecular weight is 611 g/mol. The van der Waals surface area contributed by atoms with Crippen molar-refractivity contribution in [2.24, 2.45) is 0 Å². The average Bonchev–Trinajstić information content (AvgIpc) is 3.35. The topological polar surface area (TPSA) is 124 Å². The fourth-order valence-corrected chi connectivity index (χ4v) is 7.06. The van der Waals surface area contributed by atoms with E-state index in [-0.39, 0.29) is 27.3 Å². The number of ether oxygens (including phenoxy) is 1. The molecule has 1 aliphatic heterocycles. The maximum absolute atomic E-state index is 15.4. The molecule has 2 aromatic carbocycles. The van der Waals surface area contributed by atoms with Crippen LogP contribution < -0.4 is 15.8 Å². The van der Waals surface area contributed by atoms with Crippen molar-refractivity contribution in [3.8, 4) is 11.3 Å². The van der Waals surface area contributed by atoms with E-state index in [0.717, 1.165) is 49.6 Å². The van der Waals surface area contributed by atoms with Gasteiger partial charge in [0.05, 0.1) is 41.9 Å². The lowest BCUT2D eigenvalue weighted by Gasteiger charge is -2.33. The summed E-state index contributed by atoms with van der Waals surface area (Å²) in [6.45, 7) is 5.62. The number of aromatic nitrogens is 3. The predicted molar refractivity (Wildman–Crippen MR) is 163 cm³/mol. The highest BCUT2D eigenvalue weighted by atomic mass is 35.5. The molecule has 9 nitrogen and oxygen atoms in total. The molecule has 1 unspecified atom stereocenters. The number of nitrogens with one attached hydrogen (secondary N) is 2. The number of fused-ring (bicyclic) bond motifs is 1. The predicted octanol–water partition coefficient (Wildman–Crippen LogP) is 5.62. The Hall–Kier alpha value is -3.51. The summed E-state index contributed by atoms with van der Waals surface area (Å²) >= 11 is 6.07. The van der Waals surface area contributed by atoms with Crippen LogP contribution in [0, 0.1) is 5.82 Å². The molecule has 0 saturated carbocycles. The zero-order valence-corrected chi connectivity index (χ0v) is 24.8. The summed E-state index contributed by atoms with van der Waals surface area (Å²) in [5.74, 6) is 0.331. The molecule has 0 spiro atoms. The van der Waals surface area contributed by atoms with Crippen LogP contribution in [0.3, 0.4) is 0 Å². The van der Waals surface area contributed by atoms with E-state index in [1.54, 1.807) is 24.4 Å². The van der Waals surface area contributed by atoms with Gasteiger partial charge in [-0.15, -0.1) is 0 Å². The van der Waals surface area contributed by atoms with Crippen molar-refractivity contribution >= 4 is 44.2 Å². The molecule has 0 amide bonds. The van der Waals surface area contributed by atoms with Crippen LogP contribution in [0.2, 0.25) is 5.02 Å². The number of nitrogens with zero attached hydrogens (tertiary/aromatic N) is 3. The summed E-state index contributed by atoms with van der Waals surface area (Å²) in [4.78, 5) is 9.29. The maximum atomic E-state index is 15.4. The Balaban J connectivity index is 1.36. The number of sulfonamides is 1. The summed E-state index contributed by atoms with van der Waals surface area (Å²) in [7, 11) is -4.11. The lowest BCUT2D eigenvalue weighted by Crippen LogP contribution is -2.50. The number of rotatable bonds is 8. The minimum Gasteiger partial charge on any atom is -0.382 e. The van der Waals surface area contributed by atoms with Gasteiger partial charge in [0.2, 0.25) is 0 Å². The smallest absolute Gasteiger partial charge is 0.263 e. The Morgan fingerprint density at radius 1 is 1.17 bits per heavy atom. The number of allylic oxidation sites excluding steroid dienone is 1. The second kappa shape index (κ2) is 11.3. The van der Waals surface area contributed by atoms with Crippen LogP contribution >= 0.6 is 11.6 Å². The van der Waals surface area contributed by atoms with Crippen LogP contribution in [0.1, 0.15) is 50.5 Å². The number of nitrogen functional groups attached to an aromatic ring is 1. The highest BCUT2D eigenvalue weighted by Gasteiger charge is 2.27. The molecule has 1 fully saturated rings. The van der Waals surface area contributed by atoms with Crippen LogP contribution in [-0.4, -0.2) is 48.1 Å². The second-order valence-electron chi connectivity index (χ2n) is 11.0. The van der Waals surface area contributed by atoms with Gasteiger partial charge < -0.3 is 15.8 Å². The zero-order valence-electron chi connectivity index (χ0n) is 23.3. The number of imidazole rings is 1. The summed E-state index contributed by atoms with van der Waals surface area (Å²) in [5.41, 5.74) is 9.81. The molecule has 0 bridgehead atoms. The van der Waals surface area contributed by atoms with Gasteiger partial charge in [-0.3, -0.25) is 9.12 Å². The number of nitrogens with two attached hydrogens (primary N) is 1. The Morgan fingerprint density at radius 2 is 1.95 bits per heavy atom. The van der Waals surface area contributed by atoms with Crippen LogP contribution in [0.4, 0.5) is 15.9 Å². The SMILES string of the molecule is CC(C)c1nc(-c2ccc(NS(=O)(=O)c3ccccc3Cl)c(F)c2)c2c(N)ncc(C3=CCC(NC4COC4)CC3)n12. The van der Waals surface area contributed by atoms with Gasteiger partial charge in [0.25, 0.3) is 10.0 Å². The normalized spacial score (nSPS) is 17.8. The molecule has 4 N–H and O–H groups in total. The van der Waals surface area contributed by atoms with E-state index in [0.29, 0.717) is 28.9 Å². The van der Waals surface area contributed by atoms with Gasteiger partial charge in [-0.25, -0.2) is 22.8 Å². The third kappa shape index (κ3) is 5.37. The van der Waals surface area contributed by atoms with E-state index in [1.165, 1.54) is 24.3 Å².